The van der Waals surface area contributed by atoms with E-state index >= 15 is 0 Å². The SMILES string of the molecule is c1ccc(-c2ccc(CN3CCCCC(C4CCOCC4)C3)cn2)nc1. The van der Waals surface area contributed by atoms with Crippen LogP contribution < -0.4 is 0 Å². The van der Waals surface area contributed by atoms with E-state index in [-0.39, 0.29) is 0 Å². The molecule has 2 saturated heterocycles. The van der Waals surface area contributed by atoms with Gasteiger partial charge in [0.25, 0.3) is 0 Å². The van der Waals surface area contributed by atoms with Gasteiger partial charge >= 0.3 is 0 Å². The van der Waals surface area contributed by atoms with Gasteiger partial charge in [-0.05, 0) is 67.8 Å². The van der Waals surface area contributed by atoms with Crippen LogP contribution in [0.4, 0.5) is 0 Å². The zero-order valence-electron chi connectivity index (χ0n) is 15.5. The minimum atomic E-state index is 0.835. The molecule has 0 radical (unpaired) electrons. The predicted molar refractivity (Wildman–Crippen MR) is 104 cm³/mol. The molecule has 2 aromatic rings. The van der Waals surface area contributed by atoms with Gasteiger partial charge in [0.15, 0.2) is 0 Å². The number of pyridine rings is 2. The molecule has 0 saturated carbocycles. The minimum absolute atomic E-state index is 0.835. The fourth-order valence-electron chi connectivity index (χ4n) is 4.41. The van der Waals surface area contributed by atoms with E-state index in [0.717, 1.165) is 43.0 Å². The van der Waals surface area contributed by atoms with Crippen LogP contribution in [0.1, 0.15) is 37.7 Å². The molecular formula is C22H29N3O. The number of hydrogen-bond donors (Lipinski definition) is 0. The van der Waals surface area contributed by atoms with Crippen molar-refractivity contribution in [2.45, 2.75) is 38.6 Å². The monoisotopic (exact) mass is 351 g/mol. The van der Waals surface area contributed by atoms with Crippen molar-refractivity contribution in [3.63, 3.8) is 0 Å². The van der Waals surface area contributed by atoms with Crippen molar-refractivity contribution in [3.05, 3.63) is 48.3 Å². The second-order valence-electron chi connectivity index (χ2n) is 7.71. The number of likely N-dealkylation sites (tertiary alicyclic amines) is 1. The fourth-order valence-corrected chi connectivity index (χ4v) is 4.41. The highest BCUT2D eigenvalue weighted by molar-refractivity contribution is 5.53. The van der Waals surface area contributed by atoms with Gasteiger partial charge in [-0.1, -0.05) is 18.6 Å². The topological polar surface area (TPSA) is 38.2 Å². The number of ether oxygens (including phenoxy) is 1. The molecule has 0 amide bonds. The molecule has 2 fully saturated rings. The van der Waals surface area contributed by atoms with Gasteiger partial charge in [-0.25, -0.2) is 0 Å². The van der Waals surface area contributed by atoms with Crippen molar-refractivity contribution in [3.8, 4) is 11.4 Å². The molecule has 0 spiro atoms. The third-order valence-corrected chi connectivity index (χ3v) is 5.88. The molecular weight excluding hydrogens is 322 g/mol. The summed E-state index contributed by atoms with van der Waals surface area (Å²) in [5, 5.41) is 0. The zero-order chi connectivity index (χ0) is 17.6. The number of nitrogens with zero attached hydrogens (tertiary/aromatic N) is 3. The summed E-state index contributed by atoms with van der Waals surface area (Å²) >= 11 is 0. The molecule has 1 unspecified atom stereocenters. The molecule has 0 N–H and O–H groups in total. The Morgan fingerprint density at radius 3 is 2.58 bits per heavy atom. The Morgan fingerprint density at radius 2 is 1.81 bits per heavy atom. The average Bonchev–Trinajstić information content (AvgIpc) is 2.96. The molecule has 1 atom stereocenters. The first kappa shape index (κ1) is 17.6. The van der Waals surface area contributed by atoms with E-state index in [4.69, 9.17) is 4.74 Å². The van der Waals surface area contributed by atoms with Crippen molar-refractivity contribution in [1.29, 1.82) is 0 Å². The van der Waals surface area contributed by atoms with E-state index < -0.39 is 0 Å². The first-order chi connectivity index (χ1) is 12.9. The molecule has 2 aliphatic rings. The van der Waals surface area contributed by atoms with Crippen LogP contribution >= 0.6 is 0 Å². The van der Waals surface area contributed by atoms with E-state index in [1.165, 1.54) is 50.8 Å². The summed E-state index contributed by atoms with van der Waals surface area (Å²) in [5.41, 5.74) is 3.19. The van der Waals surface area contributed by atoms with Crippen molar-refractivity contribution < 1.29 is 4.74 Å². The smallest absolute Gasteiger partial charge is 0.0886 e. The number of hydrogen-bond acceptors (Lipinski definition) is 4. The summed E-state index contributed by atoms with van der Waals surface area (Å²) in [7, 11) is 0. The van der Waals surface area contributed by atoms with Gasteiger partial charge in [-0.2, -0.15) is 0 Å². The molecule has 4 rings (SSSR count). The largest absolute Gasteiger partial charge is 0.381 e. The highest BCUT2D eigenvalue weighted by Gasteiger charge is 2.27. The molecule has 0 bridgehead atoms. The predicted octanol–water partition coefficient (Wildman–Crippen LogP) is 4.17. The molecule has 4 heterocycles. The Bertz CT molecular complexity index is 668. The Balaban J connectivity index is 1.39. The summed E-state index contributed by atoms with van der Waals surface area (Å²) in [4.78, 5) is 11.7. The van der Waals surface area contributed by atoms with Crippen LogP contribution in [-0.2, 0) is 11.3 Å². The lowest BCUT2D eigenvalue weighted by Crippen LogP contribution is -2.33. The third kappa shape index (κ3) is 4.49. The summed E-state index contributed by atoms with van der Waals surface area (Å²) < 4.78 is 5.56. The van der Waals surface area contributed by atoms with Gasteiger partial charge in [0.05, 0.1) is 11.4 Å². The van der Waals surface area contributed by atoms with Crippen LogP contribution in [0.3, 0.4) is 0 Å². The van der Waals surface area contributed by atoms with Gasteiger partial charge in [-0.3, -0.25) is 14.9 Å². The van der Waals surface area contributed by atoms with E-state index in [0.29, 0.717) is 0 Å². The van der Waals surface area contributed by atoms with Crippen LogP contribution in [0.15, 0.2) is 42.7 Å². The summed E-state index contributed by atoms with van der Waals surface area (Å²) in [6.45, 7) is 5.36. The Kier molecular flexibility index (Phi) is 5.92. The summed E-state index contributed by atoms with van der Waals surface area (Å²) in [5.74, 6) is 1.69. The molecule has 26 heavy (non-hydrogen) atoms. The standard InChI is InChI=1S/C22H29N3O/c1-3-11-23-21(6-1)22-8-7-18(15-24-22)16-25-12-4-2-5-20(17-25)19-9-13-26-14-10-19/h1,3,6-8,11,15,19-20H,2,4-5,9-10,12-14,16-17H2. The summed E-state index contributed by atoms with van der Waals surface area (Å²) in [6.07, 6.45) is 10.4. The van der Waals surface area contributed by atoms with E-state index in [9.17, 15) is 0 Å². The van der Waals surface area contributed by atoms with Crippen LogP contribution in [-0.4, -0.2) is 41.2 Å². The van der Waals surface area contributed by atoms with Crippen molar-refractivity contribution in [1.82, 2.24) is 14.9 Å². The lowest BCUT2D eigenvalue weighted by molar-refractivity contribution is 0.0386. The van der Waals surface area contributed by atoms with Gasteiger partial charge in [-0.15, -0.1) is 0 Å². The van der Waals surface area contributed by atoms with Gasteiger partial charge in [0.2, 0.25) is 0 Å². The molecule has 4 heteroatoms. The van der Waals surface area contributed by atoms with Crippen LogP contribution in [0.5, 0.6) is 0 Å². The molecule has 0 aromatic carbocycles. The fraction of sp³-hybridized carbons (Fsp3) is 0.545. The van der Waals surface area contributed by atoms with Crippen LogP contribution in [0, 0.1) is 11.8 Å². The number of rotatable bonds is 4. The zero-order valence-corrected chi connectivity index (χ0v) is 15.5. The minimum Gasteiger partial charge on any atom is -0.381 e. The van der Waals surface area contributed by atoms with Crippen molar-refractivity contribution in [2.75, 3.05) is 26.3 Å². The van der Waals surface area contributed by atoms with Crippen LogP contribution in [0.2, 0.25) is 0 Å². The average molecular weight is 351 g/mol. The van der Waals surface area contributed by atoms with Gasteiger partial charge < -0.3 is 4.74 Å². The van der Waals surface area contributed by atoms with E-state index in [1.54, 1.807) is 0 Å². The Hall–Kier alpha value is -1.78. The second kappa shape index (κ2) is 8.74. The second-order valence-corrected chi connectivity index (χ2v) is 7.71. The van der Waals surface area contributed by atoms with Crippen molar-refractivity contribution in [2.24, 2.45) is 11.8 Å². The highest BCUT2D eigenvalue weighted by atomic mass is 16.5. The molecule has 2 aliphatic heterocycles. The molecule has 4 nitrogen and oxygen atoms in total. The molecule has 0 aliphatic carbocycles. The van der Waals surface area contributed by atoms with Gasteiger partial charge in [0, 0.05) is 38.7 Å². The Labute approximate surface area is 156 Å². The third-order valence-electron chi connectivity index (χ3n) is 5.88. The first-order valence-electron chi connectivity index (χ1n) is 10.0. The maximum absolute atomic E-state index is 5.56. The van der Waals surface area contributed by atoms with Crippen molar-refractivity contribution >= 4 is 0 Å². The maximum Gasteiger partial charge on any atom is 0.0886 e. The quantitative estimate of drug-likeness (QED) is 0.828. The lowest BCUT2D eigenvalue weighted by atomic mass is 9.83. The lowest BCUT2D eigenvalue weighted by Gasteiger charge is -2.32. The molecule has 2 aromatic heterocycles. The van der Waals surface area contributed by atoms with E-state index in [1.807, 2.05) is 30.6 Å². The molecule has 138 valence electrons. The summed E-state index contributed by atoms with van der Waals surface area (Å²) in [6, 6.07) is 10.3. The maximum atomic E-state index is 5.56. The first-order valence-corrected chi connectivity index (χ1v) is 10.0. The highest BCUT2D eigenvalue weighted by Crippen LogP contribution is 2.31. The van der Waals surface area contributed by atoms with Crippen LogP contribution in [0.25, 0.3) is 11.4 Å². The normalized spacial score (nSPS) is 22.8. The van der Waals surface area contributed by atoms with E-state index in [2.05, 4.69) is 27.0 Å². The van der Waals surface area contributed by atoms with Gasteiger partial charge in [0.1, 0.15) is 0 Å². The Morgan fingerprint density at radius 1 is 0.923 bits per heavy atom. The number of aromatic nitrogens is 2.